The van der Waals surface area contributed by atoms with Gasteiger partial charge in [-0.15, -0.1) is 16.9 Å². The van der Waals surface area contributed by atoms with E-state index in [1.165, 1.54) is 18.2 Å². The summed E-state index contributed by atoms with van der Waals surface area (Å²) in [7, 11) is 1.86. The van der Waals surface area contributed by atoms with Gasteiger partial charge >= 0.3 is 5.97 Å². The van der Waals surface area contributed by atoms with Gasteiger partial charge in [0, 0.05) is 18.0 Å². The highest BCUT2D eigenvalue weighted by Crippen LogP contribution is 2.26. The monoisotopic (exact) mass is 466 g/mol. The van der Waals surface area contributed by atoms with Gasteiger partial charge in [-0.3, -0.25) is 9.59 Å². The van der Waals surface area contributed by atoms with Crippen LogP contribution in [-0.2, 0) is 16.3 Å². The zero-order chi connectivity index (χ0) is 23.2. The first-order chi connectivity index (χ1) is 16.0. The lowest BCUT2D eigenvalue weighted by Crippen LogP contribution is -2.39. The molecule has 3 aromatic rings. The summed E-state index contributed by atoms with van der Waals surface area (Å²) in [5.74, 6) is -0.298. The lowest BCUT2D eigenvalue weighted by atomic mass is 9.94. The molecule has 172 valence electrons. The van der Waals surface area contributed by atoms with Crippen molar-refractivity contribution >= 4 is 34.5 Å². The smallest absolute Gasteiger partial charge is 0.341 e. The number of ether oxygens (including phenoxy) is 1. The second-order valence-electron chi connectivity index (χ2n) is 8.05. The molecule has 1 aliphatic rings. The van der Waals surface area contributed by atoms with E-state index in [1.54, 1.807) is 42.5 Å². The Kier molecular flexibility index (Phi) is 7.39. The van der Waals surface area contributed by atoms with Crippen molar-refractivity contribution in [3.05, 3.63) is 64.4 Å². The fourth-order valence-corrected chi connectivity index (χ4v) is 4.94. The molecule has 1 saturated carbocycles. The highest BCUT2D eigenvalue weighted by Gasteiger charge is 2.23. The summed E-state index contributed by atoms with van der Waals surface area (Å²) in [5, 5.41) is 8.23. The van der Waals surface area contributed by atoms with Crippen LogP contribution in [0.4, 0.5) is 0 Å². The summed E-state index contributed by atoms with van der Waals surface area (Å²) in [4.78, 5) is 40.5. The molecule has 0 unspecified atom stereocenters. The number of hydrogen-bond donors (Lipinski definition) is 0. The molecule has 0 saturated heterocycles. The van der Waals surface area contributed by atoms with Gasteiger partial charge in [0.1, 0.15) is 5.52 Å². The second kappa shape index (κ2) is 10.6. The Morgan fingerprint density at radius 1 is 1.09 bits per heavy atom. The van der Waals surface area contributed by atoms with E-state index in [0.29, 0.717) is 27.4 Å². The van der Waals surface area contributed by atoms with E-state index < -0.39 is 5.97 Å². The normalized spacial score (nSPS) is 14.2. The van der Waals surface area contributed by atoms with Crippen molar-refractivity contribution in [3.63, 3.8) is 0 Å². The third-order valence-electron chi connectivity index (χ3n) is 5.92. The quantitative estimate of drug-likeness (QED) is 0.389. The van der Waals surface area contributed by atoms with Crippen molar-refractivity contribution in [1.29, 1.82) is 0 Å². The van der Waals surface area contributed by atoms with E-state index in [1.807, 2.05) is 18.0 Å². The number of thioether (sulfide) groups is 1. The predicted molar refractivity (Wildman–Crippen MR) is 126 cm³/mol. The minimum Gasteiger partial charge on any atom is -0.439 e. The van der Waals surface area contributed by atoms with E-state index in [-0.39, 0.29) is 24.0 Å². The van der Waals surface area contributed by atoms with E-state index in [4.69, 9.17) is 4.74 Å². The Hall–Kier alpha value is -3.20. The summed E-state index contributed by atoms with van der Waals surface area (Å²) in [6, 6.07) is 14.1. The largest absolute Gasteiger partial charge is 0.439 e. The van der Waals surface area contributed by atoms with Crippen molar-refractivity contribution in [3.8, 4) is 0 Å². The number of hydrogen-bond acceptors (Lipinski definition) is 7. The van der Waals surface area contributed by atoms with Crippen LogP contribution in [0.3, 0.4) is 0 Å². The number of fused-ring (bicyclic) bond motifs is 1. The van der Waals surface area contributed by atoms with E-state index in [9.17, 15) is 14.4 Å². The lowest BCUT2D eigenvalue weighted by Gasteiger charge is -2.31. The molecule has 8 nitrogen and oxygen atoms in total. The topological polar surface area (TPSA) is 94.4 Å². The SMILES string of the molecule is CN(C(=O)CSc1ccccc1C(=O)OCn1nnc2ccccc2c1=O)C1CCCCC1. The maximum absolute atomic E-state index is 12.7. The summed E-state index contributed by atoms with van der Waals surface area (Å²) < 4.78 is 6.36. The molecular formula is C24H26N4O4S. The molecule has 0 N–H and O–H groups in total. The Balaban J connectivity index is 1.39. The fourth-order valence-electron chi connectivity index (χ4n) is 3.98. The van der Waals surface area contributed by atoms with Crippen LogP contribution in [0.15, 0.2) is 58.2 Å². The van der Waals surface area contributed by atoms with Gasteiger partial charge in [0.2, 0.25) is 5.91 Å². The van der Waals surface area contributed by atoms with Crippen molar-refractivity contribution < 1.29 is 14.3 Å². The van der Waals surface area contributed by atoms with Gasteiger partial charge in [-0.05, 0) is 37.1 Å². The van der Waals surface area contributed by atoms with Crippen molar-refractivity contribution in [1.82, 2.24) is 19.9 Å². The van der Waals surface area contributed by atoms with Crippen LogP contribution >= 0.6 is 11.8 Å². The minimum absolute atomic E-state index is 0.0491. The molecule has 2 aromatic carbocycles. The summed E-state index contributed by atoms with van der Waals surface area (Å²) in [6.45, 7) is -0.349. The first-order valence-electron chi connectivity index (χ1n) is 11.0. The van der Waals surface area contributed by atoms with Crippen LogP contribution in [0.1, 0.15) is 42.5 Å². The number of amides is 1. The number of nitrogens with zero attached hydrogens (tertiary/aromatic N) is 4. The maximum Gasteiger partial charge on any atom is 0.341 e. The third-order valence-corrected chi connectivity index (χ3v) is 6.98. The van der Waals surface area contributed by atoms with Crippen LogP contribution in [-0.4, -0.2) is 50.6 Å². The number of esters is 1. The van der Waals surface area contributed by atoms with E-state index in [0.717, 1.165) is 30.4 Å². The van der Waals surface area contributed by atoms with Crippen LogP contribution < -0.4 is 5.56 Å². The summed E-state index contributed by atoms with van der Waals surface area (Å²) in [5.41, 5.74) is 0.444. The molecule has 1 amide bonds. The van der Waals surface area contributed by atoms with Crippen molar-refractivity contribution in [2.45, 2.75) is 49.8 Å². The second-order valence-corrected chi connectivity index (χ2v) is 9.07. The van der Waals surface area contributed by atoms with Crippen LogP contribution in [0, 0.1) is 0 Å². The zero-order valence-corrected chi connectivity index (χ0v) is 19.3. The van der Waals surface area contributed by atoms with Gasteiger partial charge in [0.05, 0.1) is 16.7 Å². The standard InChI is InChI=1S/C24H26N4O4S/c1-27(17-9-3-2-4-10-17)22(29)15-33-21-14-8-6-12-19(21)24(31)32-16-28-23(30)18-11-5-7-13-20(18)25-26-28/h5-8,11-14,17H,2-4,9-10,15-16H2,1H3. The van der Waals surface area contributed by atoms with Gasteiger partial charge in [-0.2, -0.15) is 4.68 Å². The number of rotatable bonds is 7. The molecule has 1 aliphatic carbocycles. The third kappa shape index (κ3) is 5.42. The number of aromatic nitrogens is 3. The van der Waals surface area contributed by atoms with Crippen LogP contribution in [0.25, 0.3) is 10.9 Å². The average Bonchev–Trinajstić information content (AvgIpc) is 2.87. The molecule has 0 spiro atoms. The minimum atomic E-state index is -0.590. The molecule has 0 bridgehead atoms. The average molecular weight is 467 g/mol. The summed E-state index contributed by atoms with van der Waals surface area (Å²) >= 11 is 1.31. The molecule has 0 radical (unpaired) electrons. The van der Waals surface area contributed by atoms with Gasteiger partial charge in [-0.1, -0.05) is 48.7 Å². The van der Waals surface area contributed by atoms with E-state index in [2.05, 4.69) is 10.3 Å². The van der Waals surface area contributed by atoms with Crippen LogP contribution in [0.5, 0.6) is 0 Å². The molecule has 0 aliphatic heterocycles. The van der Waals surface area contributed by atoms with Gasteiger partial charge < -0.3 is 9.64 Å². The van der Waals surface area contributed by atoms with E-state index >= 15 is 0 Å². The molecule has 33 heavy (non-hydrogen) atoms. The first kappa shape index (κ1) is 23.0. The predicted octanol–water partition coefficient (Wildman–Crippen LogP) is 3.49. The Morgan fingerprint density at radius 3 is 2.64 bits per heavy atom. The fraction of sp³-hybridized carbons (Fsp3) is 0.375. The Labute approximate surface area is 195 Å². The van der Waals surface area contributed by atoms with Gasteiger partial charge in [0.15, 0.2) is 6.73 Å². The molecule has 9 heteroatoms. The van der Waals surface area contributed by atoms with Gasteiger partial charge in [0.25, 0.3) is 5.56 Å². The highest BCUT2D eigenvalue weighted by atomic mass is 32.2. The highest BCUT2D eigenvalue weighted by molar-refractivity contribution is 8.00. The molecule has 1 heterocycles. The van der Waals surface area contributed by atoms with Crippen molar-refractivity contribution in [2.24, 2.45) is 0 Å². The Bertz CT molecular complexity index is 1210. The van der Waals surface area contributed by atoms with Gasteiger partial charge in [-0.25, -0.2) is 4.79 Å². The molecular weight excluding hydrogens is 440 g/mol. The van der Waals surface area contributed by atoms with Crippen LogP contribution in [0.2, 0.25) is 0 Å². The lowest BCUT2D eigenvalue weighted by molar-refractivity contribution is -0.129. The number of carbonyl (C=O) groups excluding carboxylic acids is 2. The Morgan fingerprint density at radius 2 is 1.82 bits per heavy atom. The maximum atomic E-state index is 12.7. The molecule has 1 aromatic heterocycles. The molecule has 0 atom stereocenters. The number of carbonyl (C=O) groups is 2. The number of benzene rings is 2. The van der Waals surface area contributed by atoms with Crippen molar-refractivity contribution in [2.75, 3.05) is 12.8 Å². The molecule has 1 fully saturated rings. The molecule has 4 rings (SSSR count). The first-order valence-corrected chi connectivity index (χ1v) is 12.0. The zero-order valence-electron chi connectivity index (χ0n) is 18.5. The summed E-state index contributed by atoms with van der Waals surface area (Å²) in [6.07, 6.45) is 5.66.